The Morgan fingerprint density at radius 1 is 1.42 bits per heavy atom. The summed E-state index contributed by atoms with van der Waals surface area (Å²) in [5.41, 5.74) is 0. The van der Waals surface area contributed by atoms with Gasteiger partial charge in [-0.2, -0.15) is 0 Å². The van der Waals surface area contributed by atoms with E-state index in [1.165, 1.54) is 0 Å². The molecule has 2 unspecified atom stereocenters. The van der Waals surface area contributed by atoms with Crippen molar-refractivity contribution in [1.29, 1.82) is 0 Å². The van der Waals surface area contributed by atoms with E-state index in [-0.39, 0.29) is 16.8 Å². The second-order valence-electron chi connectivity index (χ2n) is 3.42. The number of hydrogen-bond donors (Lipinski definition) is 1. The Bertz CT molecular complexity index is 147. The first-order chi connectivity index (χ1) is 5.49. The Kier molecular flexibility index (Phi) is 5.55. The van der Waals surface area contributed by atoms with Gasteiger partial charge >= 0.3 is 0 Å². The molecule has 2 atom stereocenters. The van der Waals surface area contributed by atoms with Gasteiger partial charge in [-0.05, 0) is 19.3 Å². The summed E-state index contributed by atoms with van der Waals surface area (Å²) in [5.74, 6) is 0.587. The van der Waals surface area contributed by atoms with Crippen LogP contribution in [0.25, 0.3) is 0 Å². The van der Waals surface area contributed by atoms with Crippen LogP contribution in [-0.2, 0) is 4.79 Å². The van der Waals surface area contributed by atoms with Crippen LogP contribution in [0.2, 0.25) is 0 Å². The van der Waals surface area contributed by atoms with E-state index in [2.05, 4.69) is 35.1 Å². The largest absolute Gasteiger partial charge is 0.352 e. The molecule has 0 saturated carbocycles. The third-order valence-electron chi connectivity index (χ3n) is 2.01. The Labute approximate surface area is 83.2 Å². The summed E-state index contributed by atoms with van der Waals surface area (Å²) in [5, 5.41) is 2.94. The van der Waals surface area contributed by atoms with Crippen molar-refractivity contribution in [3.05, 3.63) is 0 Å². The van der Waals surface area contributed by atoms with Crippen molar-refractivity contribution in [1.82, 2.24) is 5.32 Å². The fourth-order valence-electron chi connectivity index (χ4n) is 0.667. The minimum Gasteiger partial charge on any atom is -0.352 e. The van der Waals surface area contributed by atoms with Crippen LogP contribution in [0, 0.1) is 5.92 Å². The van der Waals surface area contributed by atoms with Crippen LogP contribution in [-0.4, -0.2) is 16.8 Å². The summed E-state index contributed by atoms with van der Waals surface area (Å²) in [4.78, 5) is 11.3. The molecule has 0 aliphatic heterocycles. The first kappa shape index (κ1) is 11.9. The Morgan fingerprint density at radius 3 is 2.25 bits per heavy atom. The minimum atomic E-state index is -0.0429. The zero-order valence-corrected chi connectivity index (χ0v) is 9.81. The normalized spacial score (nSPS) is 15.8. The molecule has 0 aromatic rings. The molecule has 3 heteroatoms. The predicted molar refractivity (Wildman–Crippen MR) is 55.4 cm³/mol. The highest BCUT2D eigenvalue weighted by atomic mass is 79.9. The quantitative estimate of drug-likeness (QED) is 0.745. The van der Waals surface area contributed by atoms with Gasteiger partial charge in [0.25, 0.3) is 0 Å². The van der Waals surface area contributed by atoms with Gasteiger partial charge in [-0.25, -0.2) is 0 Å². The molecule has 0 aromatic heterocycles. The van der Waals surface area contributed by atoms with Gasteiger partial charge in [0, 0.05) is 6.04 Å². The number of hydrogen-bond acceptors (Lipinski definition) is 1. The molecular formula is C9H18BrNO. The molecule has 0 spiro atoms. The van der Waals surface area contributed by atoms with Crippen LogP contribution in [0.3, 0.4) is 0 Å². The molecule has 0 bridgehead atoms. The molecule has 72 valence electrons. The van der Waals surface area contributed by atoms with Gasteiger partial charge in [0.15, 0.2) is 0 Å². The lowest BCUT2D eigenvalue weighted by Gasteiger charge is -2.18. The number of rotatable bonds is 4. The topological polar surface area (TPSA) is 29.1 Å². The first-order valence-electron chi connectivity index (χ1n) is 4.43. The van der Waals surface area contributed by atoms with Gasteiger partial charge in [-0.3, -0.25) is 4.79 Å². The van der Waals surface area contributed by atoms with E-state index in [1.54, 1.807) is 0 Å². The van der Waals surface area contributed by atoms with Crippen LogP contribution in [0.15, 0.2) is 0 Å². The molecule has 0 aliphatic rings. The van der Waals surface area contributed by atoms with E-state index in [0.29, 0.717) is 5.92 Å². The Hall–Kier alpha value is -0.0500. The molecule has 1 N–H and O–H groups in total. The predicted octanol–water partition coefficient (Wildman–Crippen LogP) is 2.32. The maximum absolute atomic E-state index is 11.3. The molecule has 0 radical (unpaired) electrons. The van der Waals surface area contributed by atoms with Gasteiger partial charge < -0.3 is 5.32 Å². The molecule has 12 heavy (non-hydrogen) atoms. The molecule has 0 aliphatic carbocycles. The number of carbonyl (C=O) groups excluding carboxylic acids is 1. The molecule has 0 heterocycles. The van der Waals surface area contributed by atoms with Crippen molar-refractivity contribution >= 4 is 21.8 Å². The zero-order valence-electron chi connectivity index (χ0n) is 8.23. The lowest BCUT2D eigenvalue weighted by atomic mass is 10.1. The van der Waals surface area contributed by atoms with Crippen molar-refractivity contribution in [3.63, 3.8) is 0 Å². The van der Waals surface area contributed by atoms with E-state index in [4.69, 9.17) is 0 Å². The fraction of sp³-hybridized carbons (Fsp3) is 0.889. The van der Waals surface area contributed by atoms with Gasteiger partial charge in [-0.1, -0.05) is 36.7 Å². The average Bonchev–Trinajstić information content (AvgIpc) is 2.02. The minimum absolute atomic E-state index is 0.0429. The van der Waals surface area contributed by atoms with Gasteiger partial charge in [-0.15, -0.1) is 0 Å². The smallest absolute Gasteiger partial charge is 0.233 e. The highest BCUT2D eigenvalue weighted by Crippen LogP contribution is 2.06. The summed E-state index contributed by atoms with van der Waals surface area (Å²) < 4.78 is 0. The van der Waals surface area contributed by atoms with Crippen molar-refractivity contribution in [2.24, 2.45) is 5.92 Å². The van der Waals surface area contributed by atoms with E-state index in [9.17, 15) is 4.79 Å². The summed E-state index contributed by atoms with van der Waals surface area (Å²) in [6.45, 7) is 8.21. The molecule has 0 saturated heterocycles. The van der Waals surface area contributed by atoms with Crippen LogP contribution in [0.1, 0.15) is 34.1 Å². The Morgan fingerprint density at radius 2 is 1.92 bits per heavy atom. The van der Waals surface area contributed by atoms with E-state index < -0.39 is 0 Å². The van der Waals surface area contributed by atoms with Gasteiger partial charge in [0.2, 0.25) is 5.91 Å². The lowest BCUT2D eigenvalue weighted by molar-refractivity contribution is -0.121. The lowest BCUT2D eigenvalue weighted by Crippen LogP contribution is -2.40. The van der Waals surface area contributed by atoms with Crippen LogP contribution < -0.4 is 5.32 Å². The monoisotopic (exact) mass is 235 g/mol. The average molecular weight is 236 g/mol. The highest BCUT2D eigenvalue weighted by molar-refractivity contribution is 9.10. The summed E-state index contributed by atoms with van der Waals surface area (Å²) in [7, 11) is 0. The van der Waals surface area contributed by atoms with Crippen molar-refractivity contribution in [3.8, 4) is 0 Å². The molecular weight excluding hydrogens is 218 g/mol. The second-order valence-corrected chi connectivity index (χ2v) is 4.52. The van der Waals surface area contributed by atoms with Gasteiger partial charge in [0.05, 0.1) is 4.83 Å². The maximum Gasteiger partial charge on any atom is 0.233 e. The van der Waals surface area contributed by atoms with E-state index in [1.807, 2.05) is 13.8 Å². The summed E-state index contributed by atoms with van der Waals surface area (Å²) in [6, 6.07) is 0.254. The molecule has 0 rings (SSSR count). The summed E-state index contributed by atoms with van der Waals surface area (Å²) in [6.07, 6.45) is 0.830. The van der Waals surface area contributed by atoms with Gasteiger partial charge in [0.1, 0.15) is 0 Å². The van der Waals surface area contributed by atoms with Crippen LogP contribution >= 0.6 is 15.9 Å². The zero-order chi connectivity index (χ0) is 9.72. The molecule has 0 aromatic carbocycles. The van der Waals surface area contributed by atoms with Crippen LogP contribution in [0.4, 0.5) is 0 Å². The molecule has 1 amide bonds. The van der Waals surface area contributed by atoms with Crippen molar-refractivity contribution in [2.75, 3.05) is 0 Å². The van der Waals surface area contributed by atoms with E-state index in [0.717, 1.165) is 6.42 Å². The number of amides is 1. The Balaban J connectivity index is 3.84. The SMILES string of the molecule is CCC(Br)C(=O)NC(C)C(C)C. The number of carbonyl (C=O) groups is 1. The fourth-order valence-corrected chi connectivity index (χ4v) is 0.799. The number of nitrogens with one attached hydrogen (secondary N) is 1. The maximum atomic E-state index is 11.3. The standard InChI is InChI=1S/C9H18BrNO/c1-5-8(10)9(12)11-7(4)6(2)3/h6-8H,5H2,1-4H3,(H,11,12). The third-order valence-corrected chi connectivity index (χ3v) is 3.08. The molecule has 2 nitrogen and oxygen atoms in total. The number of halogens is 1. The van der Waals surface area contributed by atoms with Crippen molar-refractivity contribution in [2.45, 2.75) is 45.0 Å². The third kappa shape index (κ3) is 4.10. The van der Waals surface area contributed by atoms with E-state index >= 15 is 0 Å². The summed E-state index contributed by atoms with van der Waals surface area (Å²) >= 11 is 3.31. The number of alkyl halides is 1. The first-order valence-corrected chi connectivity index (χ1v) is 5.35. The highest BCUT2D eigenvalue weighted by Gasteiger charge is 2.15. The van der Waals surface area contributed by atoms with Crippen LogP contribution in [0.5, 0.6) is 0 Å². The van der Waals surface area contributed by atoms with Crippen molar-refractivity contribution < 1.29 is 4.79 Å². The molecule has 0 fully saturated rings. The second kappa shape index (κ2) is 5.57.